The lowest BCUT2D eigenvalue weighted by Gasteiger charge is -2.29. The molecule has 0 amide bonds. The SMILES string of the molecule is O=C(O)C1Cc2c([nH]c3ccccc23)C(c2cc(Cl)cc(Cl)c2)N1. The Labute approximate surface area is 148 Å². The summed E-state index contributed by atoms with van der Waals surface area (Å²) in [6, 6.07) is 12.2. The van der Waals surface area contributed by atoms with Crippen LogP contribution < -0.4 is 5.32 Å². The summed E-state index contributed by atoms with van der Waals surface area (Å²) in [6.45, 7) is 0. The van der Waals surface area contributed by atoms with Gasteiger partial charge in [-0.05, 0) is 35.4 Å². The summed E-state index contributed by atoms with van der Waals surface area (Å²) in [5, 5.41) is 14.8. The minimum Gasteiger partial charge on any atom is -0.480 e. The van der Waals surface area contributed by atoms with Crippen molar-refractivity contribution in [3.05, 3.63) is 69.3 Å². The van der Waals surface area contributed by atoms with Gasteiger partial charge in [-0.3, -0.25) is 10.1 Å². The number of carboxylic acid groups (broad SMARTS) is 1. The van der Waals surface area contributed by atoms with Crippen LogP contribution in [-0.2, 0) is 11.2 Å². The van der Waals surface area contributed by atoms with Gasteiger partial charge in [0, 0.05) is 33.1 Å². The summed E-state index contributed by atoms with van der Waals surface area (Å²) in [7, 11) is 0. The molecule has 3 aromatic rings. The van der Waals surface area contributed by atoms with E-state index in [1.807, 2.05) is 36.4 Å². The average Bonchev–Trinajstić information content (AvgIpc) is 2.91. The predicted molar refractivity (Wildman–Crippen MR) is 94.9 cm³/mol. The second-order valence-corrected chi connectivity index (χ2v) is 6.83. The van der Waals surface area contributed by atoms with Crippen LogP contribution in [0.4, 0.5) is 0 Å². The molecule has 4 nitrogen and oxygen atoms in total. The first-order valence-corrected chi connectivity index (χ1v) is 8.33. The standard InChI is InChI=1S/C18H14Cl2N2O2/c19-10-5-9(6-11(20)7-10)16-17-13(8-15(22-16)18(23)24)12-3-1-2-4-14(12)21-17/h1-7,15-16,21-22H,8H2,(H,23,24). The van der Waals surface area contributed by atoms with Crippen LogP contribution in [0, 0.1) is 0 Å². The molecular formula is C18H14Cl2N2O2. The van der Waals surface area contributed by atoms with Crippen molar-refractivity contribution in [3.63, 3.8) is 0 Å². The van der Waals surface area contributed by atoms with E-state index in [1.54, 1.807) is 6.07 Å². The molecule has 3 N–H and O–H groups in total. The Bertz CT molecular complexity index is 931. The van der Waals surface area contributed by atoms with Crippen LogP contribution in [0.3, 0.4) is 0 Å². The second kappa shape index (κ2) is 5.81. The molecule has 1 aliphatic heterocycles. The maximum Gasteiger partial charge on any atom is 0.321 e. The van der Waals surface area contributed by atoms with E-state index in [9.17, 15) is 9.90 Å². The fraction of sp³-hybridized carbons (Fsp3) is 0.167. The highest BCUT2D eigenvalue weighted by atomic mass is 35.5. The van der Waals surface area contributed by atoms with Crippen LogP contribution >= 0.6 is 23.2 Å². The third-order valence-corrected chi connectivity index (χ3v) is 4.86. The Morgan fingerprint density at radius 2 is 1.83 bits per heavy atom. The highest BCUT2D eigenvalue weighted by molar-refractivity contribution is 6.34. The first-order chi connectivity index (χ1) is 11.5. The fourth-order valence-corrected chi connectivity index (χ4v) is 3.94. The summed E-state index contributed by atoms with van der Waals surface area (Å²) in [6.07, 6.45) is 0.430. The van der Waals surface area contributed by atoms with E-state index in [2.05, 4.69) is 10.3 Å². The maximum atomic E-state index is 11.6. The molecule has 2 heterocycles. The Morgan fingerprint density at radius 1 is 1.12 bits per heavy atom. The molecule has 122 valence electrons. The number of aliphatic carboxylic acids is 1. The van der Waals surface area contributed by atoms with E-state index in [1.165, 1.54) is 0 Å². The van der Waals surface area contributed by atoms with Crippen molar-refractivity contribution >= 4 is 40.1 Å². The van der Waals surface area contributed by atoms with Crippen molar-refractivity contribution in [2.45, 2.75) is 18.5 Å². The third-order valence-electron chi connectivity index (χ3n) is 4.43. The van der Waals surface area contributed by atoms with Crippen molar-refractivity contribution in [1.29, 1.82) is 0 Å². The smallest absolute Gasteiger partial charge is 0.321 e. The summed E-state index contributed by atoms with van der Waals surface area (Å²) < 4.78 is 0. The minimum atomic E-state index is -0.871. The molecule has 2 atom stereocenters. The summed E-state index contributed by atoms with van der Waals surface area (Å²) in [5.41, 5.74) is 3.82. The number of hydrogen-bond donors (Lipinski definition) is 3. The lowest BCUT2D eigenvalue weighted by atomic mass is 9.90. The average molecular weight is 361 g/mol. The molecule has 24 heavy (non-hydrogen) atoms. The van der Waals surface area contributed by atoms with Gasteiger partial charge in [-0.2, -0.15) is 0 Å². The Hall–Kier alpha value is -2.01. The van der Waals surface area contributed by atoms with Gasteiger partial charge in [0.05, 0.1) is 6.04 Å². The number of hydrogen-bond acceptors (Lipinski definition) is 2. The van der Waals surface area contributed by atoms with Crippen molar-refractivity contribution < 1.29 is 9.90 Å². The van der Waals surface area contributed by atoms with Gasteiger partial charge in [-0.1, -0.05) is 41.4 Å². The number of rotatable bonds is 2. The van der Waals surface area contributed by atoms with E-state index in [0.29, 0.717) is 16.5 Å². The molecule has 0 radical (unpaired) electrons. The van der Waals surface area contributed by atoms with Crippen LogP contribution in [0.25, 0.3) is 10.9 Å². The largest absolute Gasteiger partial charge is 0.480 e. The molecule has 1 aromatic heterocycles. The Balaban J connectivity index is 1.92. The Morgan fingerprint density at radius 3 is 2.54 bits per heavy atom. The van der Waals surface area contributed by atoms with Crippen molar-refractivity contribution in [2.24, 2.45) is 0 Å². The van der Waals surface area contributed by atoms with Crippen molar-refractivity contribution in [3.8, 4) is 0 Å². The second-order valence-electron chi connectivity index (χ2n) is 5.96. The number of H-pyrrole nitrogens is 1. The van der Waals surface area contributed by atoms with Gasteiger partial charge in [0.25, 0.3) is 0 Å². The minimum absolute atomic E-state index is 0.307. The molecule has 2 unspecified atom stereocenters. The molecule has 2 aromatic carbocycles. The zero-order chi connectivity index (χ0) is 16.8. The van der Waals surface area contributed by atoms with Crippen molar-refractivity contribution in [1.82, 2.24) is 10.3 Å². The highest BCUT2D eigenvalue weighted by Crippen LogP contribution is 2.36. The molecule has 0 bridgehead atoms. The van der Waals surface area contributed by atoms with Crippen LogP contribution in [0.1, 0.15) is 22.9 Å². The lowest BCUT2D eigenvalue weighted by molar-refractivity contribution is -0.139. The lowest BCUT2D eigenvalue weighted by Crippen LogP contribution is -2.44. The number of carbonyl (C=O) groups is 1. The summed E-state index contributed by atoms with van der Waals surface area (Å²) >= 11 is 12.3. The Kier molecular flexibility index (Phi) is 3.76. The number of benzene rings is 2. The monoisotopic (exact) mass is 360 g/mol. The highest BCUT2D eigenvalue weighted by Gasteiger charge is 2.34. The normalized spacial score (nSPS) is 20.1. The molecular weight excluding hydrogens is 347 g/mol. The third kappa shape index (κ3) is 2.57. The number of aromatic amines is 1. The van der Waals surface area contributed by atoms with Gasteiger partial charge in [0.1, 0.15) is 6.04 Å². The number of carboxylic acids is 1. The number of para-hydroxylation sites is 1. The van der Waals surface area contributed by atoms with Crippen LogP contribution in [0.15, 0.2) is 42.5 Å². The molecule has 0 fully saturated rings. The van der Waals surface area contributed by atoms with Gasteiger partial charge in [-0.25, -0.2) is 0 Å². The van der Waals surface area contributed by atoms with Crippen LogP contribution in [-0.4, -0.2) is 22.1 Å². The van der Waals surface area contributed by atoms with E-state index in [4.69, 9.17) is 23.2 Å². The first-order valence-electron chi connectivity index (χ1n) is 7.57. The molecule has 0 saturated carbocycles. The quantitative estimate of drug-likeness (QED) is 0.642. The van der Waals surface area contributed by atoms with E-state index < -0.39 is 12.0 Å². The van der Waals surface area contributed by atoms with Gasteiger partial charge in [-0.15, -0.1) is 0 Å². The van der Waals surface area contributed by atoms with Crippen LogP contribution in [0.5, 0.6) is 0 Å². The molecule has 0 spiro atoms. The van der Waals surface area contributed by atoms with Crippen molar-refractivity contribution in [2.75, 3.05) is 0 Å². The van der Waals surface area contributed by atoms with Gasteiger partial charge in [0.15, 0.2) is 0 Å². The number of aromatic nitrogens is 1. The fourth-order valence-electron chi connectivity index (χ4n) is 3.40. The van der Waals surface area contributed by atoms with Gasteiger partial charge >= 0.3 is 5.97 Å². The maximum absolute atomic E-state index is 11.6. The van der Waals surface area contributed by atoms with E-state index in [0.717, 1.165) is 27.7 Å². The number of fused-ring (bicyclic) bond motifs is 3. The zero-order valence-electron chi connectivity index (χ0n) is 12.5. The molecule has 4 rings (SSSR count). The van der Waals surface area contributed by atoms with E-state index in [-0.39, 0.29) is 6.04 Å². The van der Waals surface area contributed by atoms with Gasteiger partial charge < -0.3 is 10.1 Å². The van der Waals surface area contributed by atoms with Gasteiger partial charge in [0.2, 0.25) is 0 Å². The molecule has 0 aliphatic carbocycles. The first kappa shape index (κ1) is 15.5. The zero-order valence-corrected chi connectivity index (χ0v) is 14.0. The van der Waals surface area contributed by atoms with Crippen LogP contribution in [0.2, 0.25) is 10.0 Å². The number of halogens is 2. The topological polar surface area (TPSA) is 65.1 Å². The summed E-state index contributed by atoms with van der Waals surface area (Å²) in [4.78, 5) is 15.0. The number of nitrogens with one attached hydrogen (secondary N) is 2. The predicted octanol–water partition coefficient (Wildman–Crippen LogP) is 4.16. The summed E-state index contributed by atoms with van der Waals surface area (Å²) in [5.74, 6) is -0.871. The molecule has 0 saturated heterocycles. The molecule has 1 aliphatic rings. The van der Waals surface area contributed by atoms with E-state index >= 15 is 0 Å². The molecule has 6 heteroatoms.